The highest BCUT2D eigenvalue weighted by atomic mass is 16.9. The van der Waals surface area contributed by atoms with Gasteiger partial charge >= 0.3 is 0 Å². The molecule has 5 rings (SSSR count). The summed E-state index contributed by atoms with van der Waals surface area (Å²) in [7, 11) is 4.69. The Morgan fingerprint density at radius 3 is 2.23 bits per heavy atom. The molecule has 194 valence electrons. The van der Waals surface area contributed by atoms with Crippen LogP contribution >= 0.6 is 0 Å². The van der Waals surface area contributed by atoms with E-state index in [2.05, 4.69) is 5.16 Å². The molecule has 35 heavy (non-hydrogen) atoms. The Labute approximate surface area is 204 Å². The Morgan fingerprint density at radius 1 is 0.914 bits per heavy atom. The molecule has 1 aromatic carbocycles. The van der Waals surface area contributed by atoms with Crippen LogP contribution in [0.15, 0.2) is 17.3 Å². The first kappa shape index (κ1) is 24.5. The summed E-state index contributed by atoms with van der Waals surface area (Å²) < 4.78 is 53.3. The van der Waals surface area contributed by atoms with Gasteiger partial charge in [0.15, 0.2) is 23.1 Å². The highest BCUT2D eigenvalue weighted by Gasteiger charge is 2.64. The van der Waals surface area contributed by atoms with Crippen molar-refractivity contribution in [1.82, 2.24) is 0 Å². The van der Waals surface area contributed by atoms with Crippen LogP contribution in [0.5, 0.6) is 17.2 Å². The largest absolute Gasteiger partial charge is 0.493 e. The predicted octanol–water partition coefficient (Wildman–Crippen LogP) is 2.58. The van der Waals surface area contributed by atoms with Gasteiger partial charge in [-0.2, -0.15) is 0 Å². The highest BCUT2D eigenvalue weighted by Crippen LogP contribution is 2.46. The Kier molecular flexibility index (Phi) is 6.14. The first-order valence-electron chi connectivity index (χ1n) is 11.6. The molecule has 0 bridgehead atoms. The molecule has 1 aromatic rings. The van der Waals surface area contributed by atoms with Gasteiger partial charge in [0.2, 0.25) is 17.8 Å². The molecular formula is C24H33NO10. The maximum atomic E-state index is 6.44. The summed E-state index contributed by atoms with van der Waals surface area (Å²) in [4.78, 5) is 5.69. The maximum Gasteiger partial charge on any atom is 0.233 e. The standard InChI is InChI=1S/C24H33NO10/c1-22(2)30-12-24(35-22)21(20-17(11-29-24)32-23(3,4)33-20)31-18-10-14(25-34-18)13-8-15(26-5)19(28-7)16(9-13)27-6/h8-9,17-18,20-21H,10-12H2,1-7H3/t17-,18-,20-,21+,24+/m1/s1. The van der Waals surface area contributed by atoms with E-state index in [0.29, 0.717) is 36.0 Å². The molecule has 0 saturated carbocycles. The topological polar surface area (TPSA) is 105 Å². The molecule has 4 heterocycles. The average Bonchev–Trinajstić information content (AvgIpc) is 3.49. The van der Waals surface area contributed by atoms with Crippen molar-refractivity contribution in [3.05, 3.63) is 17.7 Å². The van der Waals surface area contributed by atoms with Crippen molar-refractivity contribution in [3.63, 3.8) is 0 Å². The second-order valence-corrected chi connectivity index (χ2v) is 9.80. The molecule has 4 aliphatic heterocycles. The zero-order valence-corrected chi connectivity index (χ0v) is 21.1. The van der Waals surface area contributed by atoms with E-state index >= 15 is 0 Å². The number of hydrogen-bond acceptors (Lipinski definition) is 11. The minimum atomic E-state index is -1.16. The Hall–Kier alpha value is -2.15. The summed E-state index contributed by atoms with van der Waals surface area (Å²) in [6.07, 6.45) is -1.76. The van der Waals surface area contributed by atoms with Crippen LogP contribution in [0.25, 0.3) is 0 Å². The molecule has 0 aliphatic carbocycles. The zero-order chi connectivity index (χ0) is 25.0. The minimum Gasteiger partial charge on any atom is -0.493 e. The van der Waals surface area contributed by atoms with Crippen LogP contribution in [0, 0.1) is 0 Å². The third-order valence-electron chi connectivity index (χ3n) is 6.42. The van der Waals surface area contributed by atoms with Crippen molar-refractivity contribution in [2.24, 2.45) is 5.16 Å². The summed E-state index contributed by atoms with van der Waals surface area (Å²) in [6.45, 7) is 7.88. The molecule has 11 nitrogen and oxygen atoms in total. The zero-order valence-electron chi connectivity index (χ0n) is 21.1. The van der Waals surface area contributed by atoms with Crippen molar-refractivity contribution in [3.8, 4) is 17.2 Å². The molecule has 3 saturated heterocycles. The molecule has 1 spiro atoms. The number of methoxy groups -OCH3 is 3. The predicted molar refractivity (Wildman–Crippen MR) is 121 cm³/mol. The average molecular weight is 496 g/mol. The lowest BCUT2D eigenvalue weighted by atomic mass is 9.97. The fourth-order valence-electron chi connectivity index (χ4n) is 4.96. The fourth-order valence-corrected chi connectivity index (χ4v) is 4.96. The first-order chi connectivity index (χ1) is 16.6. The lowest BCUT2D eigenvalue weighted by Gasteiger charge is -2.44. The molecule has 11 heteroatoms. The van der Waals surface area contributed by atoms with E-state index in [1.54, 1.807) is 21.3 Å². The highest BCUT2D eigenvalue weighted by molar-refractivity contribution is 6.02. The van der Waals surface area contributed by atoms with E-state index in [4.69, 9.17) is 47.5 Å². The lowest BCUT2D eigenvalue weighted by Crippen LogP contribution is -2.63. The first-order valence-corrected chi connectivity index (χ1v) is 11.6. The normalized spacial score (nSPS) is 34.9. The second kappa shape index (κ2) is 8.75. The monoisotopic (exact) mass is 495 g/mol. The molecule has 4 aliphatic rings. The van der Waals surface area contributed by atoms with E-state index in [0.717, 1.165) is 5.56 Å². The molecule has 0 aromatic heterocycles. The van der Waals surface area contributed by atoms with Crippen LogP contribution in [0.1, 0.15) is 39.7 Å². The van der Waals surface area contributed by atoms with Crippen molar-refractivity contribution in [2.45, 2.75) is 76.1 Å². The van der Waals surface area contributed by atoms with Gasteiger partial charge in [0.05, 0.1) is 40.1 Å². The van der Waals surface area contributed by atoms with Crippen LogP contribution in [0.3, 0.4) is 0 Å². The van der Waals surface area contributed by atoms with Crippen LogP contribution < -0.4 is 14.2 Å². The molecule has 0 amide bonds. The maximum absolute atomic E-state index is 6.44. The minimum absolute atomic E-state index is 0.186. The van der Waals surface area contributed by atoms with Gasteiger partial charge in [-0.3, -0.25) is 0 Å². The van der Waals surface area contributed by atoms with E-state index in [-0.39, 0.29) is 12.7 Å². The smallest absolute Gasteiger partial charge is 0.233 e. The number of ether oxygens (including phenoxy) is 9. The number of benzene rings is 1. The molecule has 0 radical (unpaired) electrons. The SMILES string of the molecule is COc1cc(C2=NO[C@@H](O[C@H]3[C@@H]4OC(C)(C)O[C@@H]4CO[C@]34COC(C)(C)O4)C2)cc(OC)c1OC. The molecule has 5 atom stereocenters. The van der Waals surface area contributed by atoms with Crippen molar-refractivity contribution in [1.29, 1.82) is 0 Å². The summed E-state index contributed by atoms with van der Waals surface area (Å²) in [6, 6.07) is 3.64. The van der Waals surface area contributed by atoms with Crippen molar-refractivity contribution >= 4 is 5.71 Å². The van der Waals surface area contributed by atoms with Crippen LogP contribution in [-0.2, 0) is 33.3 Å². The van der Waals surface area contributed by atoms with Crippen LogP contribution in [-0.4, -0.2) is 82.2 Å². The Balaban J connectivity index is 1.37. The van der Waals surface area contributed by atoms with Gasteiger partial charge in [-0.05, 0) is 39.8 Å². The second-order valence-electron chi connectivity index (χ2n) is 9.80. The number of oxime groups is 1. The van der Waals surface area contributed by atoms with Crippen molar-refractivity contribution < 1.29 is 47.5 Å². The van der Waals surface area contributed by atoms with Gasteiger partial charge in [-0.15, -0.1) is 0 Å². The number of hydrogen-bond donors (Lipinski definition) is 0. The Morgan fingerprint density at radius 2 is 1.63 bits per heavy atom. The van der Waals surface area contributed by atoms with Gasteiger partial charge in [0.1, 0.15) is 24.9 Å². The van der Waals surface area contributed by atoms with Crippen LogP contribution in [0.4, 0.5) is 0 Å². The van der Waals surface area contributed by atoms with Gasteiger partial charge in [0, 0.05) is 5.56 Å². The third kappa shape index (κ3) is 4.45. The van der Waals surface area contributed by atoms with Gasteiger partial charge in [0.25, 0.3) is 0 Å². The van der Waals surface area contributed by atoms with Crippen LogP contribution in [0.2, 0.25) is 0 Å². The summed E-state index contributed by atoms with van der Waals surface area (Å²) >= 11 is 0. The van der Waals surface area contributed by atoms with E-state index < -0.39 is 35.9 Å². The van der Waals surface area contributed by atoms with E-state index in [1.807, 2.05) is 39.8 Å². The number of rotatable bonds is 6. The van der Waals surface area contributed by atoms with Gasteiger partial charge in [-0.1, -0.05) is 5.16 Å². The van der Waals surface area contributed by atoms with E-state index in [1.165, 1.54) is 0 Å². The number of fused-ring (bicyclic) bond motifs is 1. The molecule has 0 unspecified atom stereocenters. The molecular weight excluding hydrogens is 462 g/mol. The lowest BCUT2D eigenvalue weighted by molar-refractivity contribution is -0.353. The molecule has 0 N–H and O–H groups in total. The van der Waals surface area contributed by atoms with E-state index in [9.17, 15) is 0 Å². The third-order valence-corrected chi connectivity index (χ3v) is 6.42. The Bertz CT molecular complexity index is 968. The van der Waals surface area contributed by atoms with Gasteiger partial charge < -0.3 is 47.5 Å². The summed E-state index contributed by atoms with van der Waals surface area (Å²) in [5, 5.41) is 4.27. The fraction of sp³-hybridized carbons (Fsp3) is 0.708. The number of nitrogens with zero attached hydrogens (tertiary/aromatic N) is 1. The summed E-state index contributed by atoms with van der Waals surface area (Å²) in [5.41, 5.74) is 1.44. The van der Waals surface area contributed by atoms with Crippen molar-refractivity contribution in [2.75, 3.05) is 34.5 Å². The quantitative estimate of drug-likeness (QED) is 0.585. The summed E-state index contributed by atoms with van der Waals surface area (Å²) in [5.74, 6) is -1.23. The van der Waals surface area contributed by atoms with Gasteiger partial charge in [-0.25, -0.2) is 0 Å². The molecule has 3 fully saturated rings.